The molecule has 1 aliphatic heterocycles. The number of rotatable bonds is 3. The number of likely N-dealkylation sites (tertiary alicyclic amines) is 1. The molecule has 1 aliphatic rings. The number of piperidine rings is 1. The van der Waals surface area contributed by atoms with Gasteiger partial charge in [-0.25, -0.2) is 0 Å². The van der Waals surface area contributed by atoms with Crippen molar-refractivity contribution in [2.75, 3.05) is 30.7 Å². The molecule has 2 rings (SSSR count). The van der Waals surface area contributed by atoms with E-state index in [9.17, 15) is 4.79 Å². The maximum absolute atomic E-state index is 11.9. The van der Waals surface area contributed by atoms with Crippen molar-refractivity contribution in [2.45, 2.75) is 26.2 Å². The lowest BCUT2D eigenvalue weighted by atomic mass is 10.1. The lowest BCUT2D eigenvalue weighted by Gasteiger charge is -2.25. The van der Waals surface area contributed by atoms with Crippen LogP contribution in [0.15, 0.2) is 18.2 Å². The number of anilines is 2. The van der Waals surface area contributed by atoms with Crippen LogP contribution in [0.1, 0.15) is 24.8 Å². The first-order chi connectivity index (χ1) is 8.65. The number of nitrogens with one attached hydrogen (secondary N) is 1. The molecule has 1 aromatic carbocycles. The molecular formula is C14H21N3O. The molecule has 98 valence electrons. The van der Waals surface area contributed by atoms with Crippen molar-refractivity contribution < 1.29 is 4.79 Å². The zero-order valence-corrected chi connectivity index (χ0v) is 10.9. The van der Waals surface area contributed by atoms with Crippen LogP contribution < -0.4 is 11.1 Å². The Hall–Kier alpha value is -1.55. The van der Waals surface area contributed by atoms with Gasteiger partial charge in [-0.1, -0.05) is 12.5 Å². The maximum atomic E-state index is 11.9. The molecule has 1 aromatic rings. The molecule has 1 saturated heterocycles. The standard InChI is InChI=1S/C14H21N3O/c1-11-5-6-12(9-13(11)15)16-14(18)10-17-7-3-2-4-8-17/h5-6,9H,2-4,7-8,10,15H2,1H3,(H,16,18). The van der Waals surface area contributed by atoms with Crippen molar-refractivity contribution in [3.05, 3.63) is 23.8 Å². The highest BCUT2D eigenvalue weighted by Crippen LogP contribution is 2.17. The molecule has 0 saturated carbocycles. The number of amides is 1. The largest absolute Gasteiger partial charge is 0.398 e. The van der Waals surface area contributed by atoms with Gasteiger partial charge in [0, 0.05) is 11.4 Å². The number of benzene rings is 1. The number of carbonyl (C=O) groups excluding carboxylic acids is 1. The van der Waals surface area contributed by atoms with E-state index in [-0.39, 0.29) is 5.91 Å². The summed E-state index contributed by atoms with van der Waals surface area (Å²) in [4.78, 5) is 14.1. The molecule has 0 aromatic heterocycles. The van der Waals surface area contributed by atoms with Crippen LogP contribution in [-0.4, -0.2) is 30.4 Å². The fraction of sp³-hybridized carbons (Fsp3) is 0.500. The van der Waals surface area contributed by atoms with Gasteiger partial charge in [-0.15, -0.1) is 0 Å². The van der Waals surface area contributed by atoms with Gasteiger partial charge in [0.05, 0.1) is 6.54 Å². The van der Waals surface area contributed by atoms with Crippen LogP contribution in [0, 0.1) is 6.92 Å². The van der Waals surface area contributed by atoms with Crippen molar-refractivity contribution in [3.8, 4) is 0 Å². The van der Waals surface area contributed by atoms with E-state index in [1.807, 2.05) is 25.1 Å². The molecule has 18 heavy (non-hydrogen) atoms. The Morgan fingerprint density at radius 1 is 1.33 bits per heavy atom. The first-order valence-corrected chi connectivity index (χ1v) is 6.53. The summed E-state index contributed by atoms with van der Waals surface area (Å²) in [5, 5.41) is 2.90. The first kappa shape index (κ1) is 12.9. The molecule has 1 amide bonds. The predicted octanol–water partition coefficient (Wildman–Crippen LogP) is 2.00. The molecular weight excluding hydrogens is 226 g/mol. The van der Waals surface area contributed by atoms with Crippen LogP contribution in [0.2, 0.25) is 0 Å². The Kier molecular flexibility index (Phi) is 4.20. The normalized spacial score (nSPS) is 16.5. The van der Waals surface area contributed by atoms with Crippen molar-refractivity contribution in [3.63, 3.8) is 0 Å². The van der Waals surface area contributed by atoms with Crippen LogP contribution in [-0.2, 0) is 4.79 Å². The summed E-state index contributed by atoms with van der Waals surface area (Å²) in [6.45, 7) is 4.50. The molecule has 0 radical (unpaired) electrons. The van der Waals surface area contributed by atoms with Crippen LogP contribution >= 0.6 is 0 Å². The molecule has 1 fully saturated rings. The maximum Gasteiger partial charge on any atom is 0.238 e. The molecule has 0 aliphatic carbocycles. The van der Waals surface area contributed by atoms with Crippen molar-refractivity contribution in [2.24, 2.45) is 0 Å². The van der Waals surface area contributed by atoms with Gasteiger partial charge in [-0.2, -0.15) is 0 Å². The minimum atomic E-state index is 0.0418. The zero-order valence-electron chi connectivity index (χ0n) is 10.9. The van der Waals surface area contributed by atoms with Gasteiger partial charge in [-0.05, 0) is 50.6 Å². The summed E-state index contributed by atoms with van der Waals surface area (Å²) in [6, 6.07) is 5.62. The predicted molar refractivity (Wildman–Crippen MR) is 74.5 cm³/mol. The Labute approximate surface area is 108 Å². The van der Waals surface area contributed by atoms with Gasteiger partial charge in [0.25, 0.3) is 0 Å². The summed E-state index contributed by atoms with van der Waals surface area (Å²) < 4.78 is 0. The lowest BCUT2D eigenvalue weighted by Crippen LogP contribution is -2.36. The minimum absolute atomic E-state index is 0.0418. The van der Waals surface area contributed by atoms with Crippen LogP contribution in [0.25, 0.3) is 0 Å². The Bertz CT molecular complexity index is 425. The van der Waals surface area contributed by atoms with E-state index in [1.165, 1.54) is 19.3 Å². The summed E-state index contributed by atoms with van der Waals surface area (Å²) in [7, 11) is 0. The number of hydrogen-bond acceptors (Lipinski definition) is 3. The third-order valence-electron chi connectivity index (χ3n) is 3.38. The molecule has 1 heterocycles. The average molecular weight is 247 g/mol. The number of aryl methyl sites for hydroxylation is 1. The van der Waals surface area contributed by atoms with E-state index < -0.39 is 0 Å². The Morgan fingerprint density at radius 2 is 2.06 bits per heavy atom. The highest BCUT2D eigenvalue weighted by molar-refractivity contribution is 5.92. The van der Waals surface area contributed by atoms with Crippen molar-refractivity contribution in [1.82, 2.24) is 4.90 Å². The van der Waals surface area contributed by atoms with E-state index in [1.54, 1.807) is 0 Å². The SMILES string of the molecule is Cc1ccc(NC(=O)CN2CCCCC2)cc1N. The zero-order chi connectivity index (χ0) is 13.0. The van der Waals surface area contributed by atoms with E-state index >= 15 is 0 Å². The lowest BCUT2D eigenvalue weighted by molar-refractivity contribution is -0.117. The fourth-order valence-corrected chi connectivity index (χ4v) is 2.24. The summed E-state index contributed by atoms with van der Waals surface area (Å²) >= 11 is 0. The van der Waals surface area contributed by atoms with Crippen molar-refractivity contribution in [1.29, 1.82) is 0 Å². The molecule has 0 unspecified atom stereocenters. The summed E-state index contributed by atoms with van der Waals surface area (Å²) in [5.41, 5.74) is 8.34. The van der Waals surface area contributed by atoms with E-state index in [4.69, 9.17) is 5.73 Å². The topological polar surface area (TPSA) is 58.4 Å². The van der Waals surface area contributed by atoms with E-state index in [0.29, 0.717) is 12.2 Å². The Balaban J connectivity index is 1.88. The number of carbonyl (C=O) groups is 1. The number of nitrogens with zero attached hydrogens (tertiary/aromatic N) is 1. The van der Waals surface area contributed by atoms with Crippen molar-refractivity contribution >= 4 is 17.3 Å². The van der Waals surface area contributed by atoms with Gasteiger partial charge in [0.1, 0.15) is 0 Å². The number of nitrogens with two attached hydrogens (primary N) is 1. The van der Waals surface area contributed by atoms with Gasteiger partial charge in [0.2, 0.25) is 5.91 Å². The summed E-state index contributed by atoms with van der Waals surface area (Å²) in [5.74, 6) is 0.0418. The monoisotopic (exact) mass is 247 g/mol. The number of hydrogen-bond donors (Lipinski definition) is 2. The smallest absolute Gasteiger partial charge is 0.238 e. The first-order valence-electron chi connectivity index (χ1n) is 6.53. The van der Waals surface area contributed by atoms with Crippen LogP contribution in [0.3, 0.4) is 0 Å². The average Bonchev–Trinajstić information content (AvgIpc) is 2.35. The molecule has 0 bridgehead atoms. The third kappa shape index (κ3) is 3.47. The van der Waals surface area contributed by atoms with Crippen LogP contribution in [0.5, 0.6) is 0 Å². The molecule has 4 nitrogen and oxygen atoms in total. The second kappa shape index (κ2) is 5.87. The van der Waals surface area contributed by atoms with Gasteiger partial charge < -0.3 is 11.1 Å². The molecule has 3 N–H and O–H groups in total. The van der Waals surface area contributed by atoms with Gasteiger partial charge >= 0.3 is 0 Å². The molecule has 0 atom stereocenters. The van der Waals surface area contributed by atoms with Gasteiger partial charge in [-0.3, -0.25) is 9.69 Å². The number of nitrogen functional groups attached to an aromatic ring is 1. The summed E-state index contributed by atoms with van der Waals surface area (Å²) in [6.07, 6.45) is 3.68. The quantitative estimate of drug-likeness (QED) is 0.803. The van der Waals surface area contributed by atoms with Crippen LogP contribution in [0.4, 0.5) is 11.4 Å². The molecule has 0 spiro atoms. The fourth-order valence-electron chi connectivity index (χ4n) is 2.24. The van der Waals surface area contributed by atoms with E-state index in [0.717, 1.165) is 24.3 Å². The molecule has 4 heteroatoms. The third-order valence-corrected chi connectivity index (χ3v) is 3.38. The Morgan fingerprint density at radius 3 is 2.72 bits per heavy atom. The highest BCUT2D eigenvalue weighted by atomic mass is 16.2. The van der Waals surface area contributed by atoms with Gasteiger partial charge in [0.15, 0.2) is 0 Å². The second-order valence-corrected chi connectivity index (χ2v) is 4.96. The minimum Gasteiger partial charge on any atom is -0.398 e. The van der Waals surface area contributed by atoms with E-state index in [2.05, 4.69) is 10.2 Å². The second-order valence-electron chi connectivity index (χ2n) is 4.96. The highest BCUT2D eigenvalue weighted by Gasteiger charge is 2.13.